The molecule has 0 saturated carbocycles. The van der Waals surface area contributed by atoms with Crippen molar-refractivity contribution in [3.63, 3.8) is 0 Å². The maximum atomic E-state index is 8.96. The lowest BCUT2D eigenvalue weighted by Gasteiger charge is -2.06. The topological polar surface area (TPSA) is 76.2 Å². The highest BCUT2D eigenvalue weighted by Crippen LogP contribution is 2.24. The predicted octanol–water partition coefficient (Wildman–Crippen LogP) is 3.68. The molecule has 0 radical (unpaired) electrons. The summed E-state index contributed by atoms with van der Waals surface area (Å²) in [5.74, 6) is 0.764. The van der Waals surface area contributed by atoms with Gasteiger partial charge < -0.3 is 5.21 Å². The van der Waals surface area contributed by atoms with E-state index in [1.807, 2.05) is 65.5 Å². The molecule has 3 aromatic heterocycles. The number of nitrogens with zero attached hydrogens (tertiary/aromatic N) is 5. The van der Waals surface area contributed by atoms with Gasteiger partial charge in [-0.1, -0.05) is 29.4 Å². The Bertz CT molecular complexity index is 1070. The maximum Gasteiger partial charge on any atom is 0.153 e. The highest BCUT2D eigenvalue weighted by Gasteiger charge is 2.09. The van der Waals surface area contributed by atoms with E-state index in [2.05, 4.69) is 20.2 Å². The summed E-state index contributed by atoms with van der Waals surface area (Å²) in [6.45, 7) is 1.71. The van der Waals surface area contributed by atoms with Crippen molar-refractivity contribution >= 4 is 16.6 Å². The minimum absolute atomic E-state index is 0.474. The average Bonchev–Trinajstić information content (AvgIpc) is 3.11. The first-order valence-electron chi connectivity index (χ1n) is 7.82. The van der Waals surface area contributed by atoms with Gasteiger partial charge in [-0.25, -0.2) is 14.6 Å². The molecule has 6 heteroatoms. The van der Waals surface area contributed by atoms with Crippen LogP contribution in [0.25, 0.3) is 28.0 Å². The van der Waals surface area contributed by atoms with E-state index in [9.17, 15) is 0 Å². The molecule has 0 aliphatic rings. The van der Waals surface area contributed by atoms with Crippen molar-refractivity contribution in [2.75, 3.05) is 0 Å². The van der Waals surface area contributed by atoms with E-state index >= 15 is 0 Å². The third-order valence-electron chi connectivity index (χ3n) is 4.00. The number of hydrogen-bond acceptors (Lipinski definition) is 5. The standard InChI is InChI=1S/C19H15N5O/c1-13(23-25)16-5-4-6-17(22-16)14-8-9-15-12-21-24(18(15)11-14)19-7-2-3-10-20-19/h2-12,25H,1H3. The normalized spacial score (nSPS) is 11.8. The molecule has 0 bridgehead atoms. The molecule has 1 N–H and O–H groups in total. The minimum Gasteiger partial charge on any atom is -0.411 e. The van der Waals surface area contributed by atoms with Gasteiger partial charge in [-0.3, -0.25) is 0 Å². The van der Waals surface area contributed by atoms with Crippen LogP contribution in [-0.4, -0.2) is 30.7 Å². The molecular weight excluding hydrogens is 314 g/mol. The Morgan fingerprint density at radius 1 is 1.08 bits per heavy atom. The lowest BCUT2D eigenvalue weighted by atomic mass is 10.1. The molecular formula is C19H15N5O. The van der Waals surface area contributed by atoms with Gasteiger partial charge in [0.05, 0.1) is 23.1 Å². The number of oxime groups is 1. The third kappa shape index (κ3) is 2.74. The summed E-state index contributed by atoms with van der Waals surface area (Å²) in [6, 6.07) is 17.4. The first-order chi connectivity index (χ1) is 12.3. The molecule has 0 amide bonds. The summed E-state index contributed by atoms with van der Waals surface area (Å²) in [5.41, 5.74) is 3.82. The van der Waals surface area contributed by atoms with Gasteiger partial charge in [0.15, 0.2) is 5.82 Å². The van der Waals surface area contributed by atoms with Crippen molar-refractivity contribution < 1.29 is 5.21 Å². The summed E-state index contributed by atoms with van der Waals surface area (Å²) in [4.78, 5) is 8.93. The van der Waals surface area contributed by atoms with E-state index in [0.29, 0.717) is 11.4 Å². The minimum atomic E-state index is 0.474. The quantitative estimate of drug-likeness (QED) is 0.353. The molecule has 0 spiro atoms. The van der Waals surface area contributed by atoms with Crippen LogP contribution in [0.1, 0.15) is 12.6 Å². The SMILES string of the molecule is CC(=NO)c1cccc(-c2ccc3cnn(-c4ccccn4)c3c2)n1. The molecule has 0 fully saturated rings. The van der Waals surface area contributed by atoms with Gasteiger partial charge in [0.1, 0.15) is 5.71 Å². The number of fused-ring (bicyclic) bond motifs is 1. The molecule has 3 heterocycles. The van der Waals surface area contributed by atoms with Crippen LogP contribution < -0.4 is 0 Å². The molecule has 4 aromatic rings. The Balaban J connectivity index is 1.84. The summed E-state index contributed by atoms with van der Waals surface area (Å²) >= 11 is 0. The van der Waals surface area contributed by atoms with E-state index in [1.54, 1.807) is 13.1 Å². The van der Waals surface area contributed by atoms with E-state index in [1.165, 1.54) is 0 Å². The van der Waals surface area contributed by atoms with Crippen molar-refractivity contribution in [3.8, 4) is 17.1 Å². The fourth-order valence-corrected chi connectivity index (χ4v) is 2.69. The van der Waals surface area contributed by atoms with Crippen LogP contribution in [-0.2, 0) is 0 Å². The zero-order valence-electron chi connectivity index (χ0n) is 13.5. The van der Waals surface area contributed by atoms with Gasteiger partial charge in [0.2, 0.25) is 0 Å². The maximum absolute atomic E-state index is 8.96. The van der Waals surface area contributed by atoms with Crippen molar-refractivity contribution in [2.24, 2.45) is 5.16 Å². The Hall–Kier alpha value is -3.54. The Morgan fingerprint density at radius 3 is 2.80 bits per heavy atom. The molecule has 1 aromatic carbocycles. The van der Waals surface area contributed by atoms with Gasteiger partial charge in [0, 0.05) is 17.1 Å². The van der Waals surface area contributed by atoms with Crippen LogP contribution in [0.2, 0.25) is 0 Å². The van der Waals surface area contributed by atoms with E-state index in [4.69, 9.17) is 5.21 Å². The van der Waals surface area contributed by atoms with Gasteiger partial charge in [-0.05, 0) is 37.3 Å². The van der Waals surface area contributed by atoms with Crippen molar-refractivity contribution in [3.05, 3.63) is 72.7 Å². The first kappa shape index (κ1) is 15.0. The monoisotopic (exact) mass is 329 g/mol. The zero-order valence-corrected chi connectivity index (χ0v) is 13.5. The summed E-state index contributed by atoms with van der Waals surface area (Å²) < 4.78 is 1.81. The molecule has 4 rings (SSSR count). The van der Waals surface area contributed by atoms with Crippen LogP contribution in [0, 0.1) is 0 Å². The number of rotatable bonds is 3. The van der Waals surface area contributed by atoms with Gasteiger partial charge in [0.25, 0.3) is 0 Å². The highest BCUT2D eigenvalue weighted by atomic mass is 16.4. The molecule has 0 saturated heterocycles. The van der Waals surface area contributed by atoms with Crippen LogP contribution in [0.5, 0.6) is 0 Å². The molecule has 0 aliphatic heterocycles. The Labute approximate surface area is 144 Å². The molecule has 6 nitrogen and oxygen atoms in total. The van der Waals surface area contributed by atoms with Gasteiger partial charge in [-0.15, -0.1) is 0 Å². The zero-order chi connectivity index (χ0) is 17.2. The number of hydrogen-bond donors (Lipinski definition) is 1. The number of aromatic nitrogens is 4. The predicted molar refractivity (Wildman–Crippen MR) is 96.1 cm³/mol. The third-order valence-corrected chi connectivity index (χ3v) is 4.00. The fourth-order valence-electron chi connectivity index (χ4n) is 2.69. The van der Waals surface area contributed by atoms with Gasteiger partial charge >= 0.3 is 0 Å². The largest absolute Gasteiger partial charge is 0.411 e. The highest BCUT2D eigenvalue weighted by molar-refractivity contribution is 5.97. The van der Waals surface area contributed by atoms with Crippen LogP contribution >= 0.6 is 0 Å². The second kappa shape index (κ2) is 6.16. The second-order valence-corrected chi connectivity index (χ2v) is 5.61. The molecule has 122 valence electrons. The lowest BCUT2D eigenvalue weighted by molar-refractivity contribution is 0.319. The van der Waals surface area contributed by atoms with Gasteiger partial charge in [-0.2, -0.15) is 5.10 Å². The first-order valence-corrected chi connectivity index (χ1v) is 7.82. The molecule has 0 aliphatic carbocycles. The molecule has 0 unspecified atom stereocenters. The molecule has 25 heavy (non-hydrogen) atoms. The fraction of sp³-hybridized carbons (Fsp3) is 0.0526. The summed E-state index contributed by atoms with van der Waals surface area (Å²) in [5, 5.41) is 17.6. The summed E-state index contributed by atoms with van der Waals surface area (Å²) in [6.07, 6.45) is 3.56. The second-order valence-electron chi connectivity index (χ2n) is 5.61. The lowest BCUT2D eigenvalue weighted by Crippen LogP contribution is -2.00. The van der Waals surface area contributed by atoms with Crippen LogP contribution in [0.4, 0.5) is 0 Å². The van der Waals surface area contributed by atoms with Crippen molar-refractivity contribution in [2.45, 2.75) is 6.92 Å². The van der Waals surface area contributed by atoms with Crippen LogP contribution in [0.3, 0.4) is 0 Å². The van der Waals surface area contributed by atoms with E-state index in [0.717, 1.165) is 28.0 Å². The smallest absolute Gasteiger partial charge is 0.153 e. The molecule has 0 atom stereocenters. The van der Waals surface area contributed by atoms with Crippen molar-refractivity contribution in [1.29, 1.82) is 0 Å². The Kier molecular flexibility index (Phi) is 3.70. The summed E-state index contributed by atoms with van der Waals surface area (Å²) in [7, 11) is 0. The van der Waals surface area contributed by atoms with E-state index in [-0.39, 0.29) is 0 Å². The Morgan fingerprint density at radius 2 is 2.00 bits per heavy atom. The number of benzene rings is 1. The van der Waals surface area contributed by atoms with E-state index < -0.39 is 0 Å². The average molecular weight is 329 g/mol. The van der Waals surface area contributed by atoms with Crippen LogP contribution in [0.15, 0.2) is 72.1 Å². The van der Waals surface area contributed by atoms with Crippen molar-refractivity contribution in [1.82, 2.24) is 19.7 Å². The number of pyridine rings is 2.